The van der Waals surface area contributed by atoms with Gasteiger partial charge in [-0.15, -0.1) is 11.3 Å². The molecule has 0 amide bonds. The molecule has 2 aromatic heterocycles. The number of hydrogen-bond acceptors (Lipinski definition) is 4. The van der Waals surface area contributed by atoms with Gasteiger partial charge in [-0.1, -0.05) is 6.07 Å². The minimum atomic E-state index is 0.223. The van der Waals surface area contributed by atoms with Crippen LogP contribution in [0.2, 0.25) is 0 Å². The van der Waals surface area contributed by atoms with E-state index in [4.69, 9.17) is 0 Å². The average molecular weight is 322 g/mol. The lowest BCUT2D eigenvalue weighted by molar-refractivity contribution is 0.355. The van der Waals surface area contributed by atoms with E-state index < -0.39 is 0 Å². The van der Waals surface area contributed by atoms with Gasteiger partial charge in [0.2, 0.25) is 0 Å². The molecule has 0 aromatic carbocycles. The number of nitrogens with one attached hydrogen (secondary N) is 1. The maximum Gasteiger partial charge on any atom is 0.131 e. The quantitative estimate of drug-likeness (QED) is 0.907. The number of thiophene rings is 1. The van der Waals surface area contributed by atoms with Gasteiger partial charge in [-0.2, -0.15) is 11.8 Å². The van der Waals surface area contributed by atoms with Crippen molar-refractivity contribution in [3.63, 3.8) is 0 Å². The van der Waals surface area contributed by atoms with Crippen molar-refractivity contribution in [1.82, 2.24) is 14.9 Å². The molecule has 1 atom stereocenters. The van der Waals surface area contributed by atoms with Crippen LogP contribution in [0.4, 0.5) is 0 Å². The highest BCUT2D eigenvalue weighted by atomic mass is 32.2. The maximum atomic E-state index is 4.57. The van der Waals surface area contributed by atoms with Gasteiger partial charge >= 0.3 is 0 Å². The van der Waals surface area contributed by atoms with Crippen molar-refractivity contribution >= 4 is 23.1 Å². The molecular weight excluding hydrogens is 298 g/mol. The fourth-order valence-electron chi connectivity index (χ4n) is 3.10. The highest BCUT2D eigenvalue weighted by Gasteiger charge is 2.26. The van der Waals surface area contributed by atoms with Crippen LogP contribution in [0.3, 0.4) is 0 Å². The first kappa shape index (κ1) is 15.1. The molecule has 1 aliphatic rings. The summed E-state index contributed by atoms with van der Waals surface area (Å²) >= 11 is 3.83. The van der Waals surface area contributed by atoms with Crippen molar-refractivity contribution in [3.05, 3.63) is 40.6 Å². The lowest BCUT2D eigenvalue weighted by atomic mass is 9.94. The molecule has 1 unspecified atom stereocenters. The molecular formula is C16H23N3S2. The summed E-state index contributed by atoms with van der Waals surface area (Å²) < 4.78 is 2.13. The van der Waals surface area contributed by atoms with E-state index in [-0.39, 0.29) is 6.04 Å². The van der Waals surface area contributed by atoms with Gasteiger partial charge in [0.15, 0.2) is 0 Å². The number of hydrogen-bond donors (Lipinski definition) is 1. The first-order chi connectivity index (χ1) is 10.3. The van der Waals surface area contributed by atoms with Crippen LogP contribution in [0.25, 0.3) is 0 Å². The van der Waals surface area contributed by atoms with E-state index in [9.17, 15) is 0 Å². The molecule has 0 spiro atoms. The molecule has 2 heterocycles. The van der Waals surface area contributed by atoms with E-state index in [0.717, 1.165) is 11.1 Å². The Balaban J connectivity index is 1.74. The summed E-state index contributed by atoms with van der Waals surface area (Å²) in [5.74, 6) is 1.12. The number of aryl methyl sites for hydroxylation is 1. The Kier molecular flexibility index (Phi) is 5.03. The van der Waals surface area contributed by atoms with Gasteiger partial charge in [0, 0.05) is 35.6 Å². The van der Waals surface area contributed by atoms with Gasteiger partial charge in [0.05, 0.1) is 0 Å². The molecule has 114 valence electrons. The summed E-state index contributed by atoms with van der Waals surface area (Å²) in [5, 5.41) is 6.87. The van der Waals surface area contributed by atoms with Crippen molar-refractivity contribution in [2.45, 2.75) is 43.0 Å². The van der Waals surface area contributed by atoms with E-state index in [0.29, 0.717) is 6.04 Å². The number of thioether (sulfide) groups is 1. The van der Waals surface area contributed by atoms with Gasteiger partial charge in [-0.25, -0.2) is 4.98 Å². The van der Waals surface area contributed by atoms with Crippen molar-refractivity contribution in [2.75, 3.05) is 6.26 Å². The predicted molar refractivity (Wildman–Crippen MR) is 92.1 cm³/mol. The number of rotatable bonds is 5. The van der Waals surface area contributed by atoms with Crippen molar-refractivity contribution < 1.29 is 0 Å². The van der Waals surface area contributed by atoms with Crippen LogP contribution in [-0.4, -0.2) is 27.1 Å². The Labute approximate surface area is 135 Å². The molecule has 5 heteroatoms. The molecule has 3 rings (SSSR count). The van der Waals surface area contributed by atoms with Gasteiger partial charge < -0.3 is 9.88 Å². The first-order valence-electron chi connectivity index (χ1n) is 7.57. The van der Waals surface area contributed by atoms with Crippen molar-refractivity contribution in [1.29, 1.82) is 0 Å². The monoisotopic (exact) mass is 321 g/mol. The Bertz CT molecular complexity index is 542. The SMILES string of the molecule is CSC1CCC(NC(c2cccs2)c2nccn2C)CC1. The first-order valence-corrected chi connectivity index (χ1v) is 9.74. The van der Waals surface area contributed by atoms with Crippen LogP contribution in [0.5, 0.6) is 0 Å². The smallest absolute Gasteiger partial charge is 0.131 e. The van der Waals surface area contributed by atoms with E-state index in [1.807, 2.05) is 35.5 Å². The molecule has 0 aliphatic heterocycles. The molecule has 1 saturated carbocycles. The van der Waals surface area contributed by atoms with E-state index >= 15 is 0 Å². The zero-order valence-electron chi connectivity index (χ0n) is 12.7. The Hall–Kier alpha value is -0.780. The standard InChI is InChI=1S/C16H23N3S2/c1-19-10-9-17-16(19)15(14-4-3-11-21-14)18-12-5-7-13(20-2)8-6-12/h3-4,9-13,15,18H,5-8H2,1-2H3. The normalized spacial score (nSPS) is 24.1. The zero-order valence-corrected chi connectivity index (χ0v) is 14.3. The Morgan fingerprint density at radius 3 is 2.76 bits per heavy atom. The number of imidazole rings is 1. The lowest BCUT2D eigenvalue weighted by Crippen LogP contribution is -2.37. The highest BCUT2D eigenvalue weighted by Crippen LogP contribution is 2.31. The molecule has 0 bridgehead atoms. The van der Waals surface area contributed by atoms with Crippen LogP contribution >= 0.6 is 23.1 Å². The van der Waals surface area contributed by atoms with Gasteiger partial charge in [-0.05, 0) is 43.4 Å². The minimum Gasteiger partial charge on any atom is -0.336 e. The third-order valence-electron chi connectivity index (χ3n) is 4.35. The van der Waals surface area contributed by atoms with Gasteiger partial charge in [0.1, 0.15) is 11.9 Å². The molecule has 21 heavy (non-hydrogen) atoms. The second kappa shape index (κ2) is 6.99. The Morgan fingerprint density at radius 2 is 2.19 bits per heavy atom. The maximum absolute atomic E-state index is 4.57. The van der Waals surface area contributed by atoms with Crippen LogP contribution in [0.1, 0.15) is 42.4 Å². The second-order valence-electron chi connectivity index (χ2n) is 5.72. The zero-order chi connectivity index (χ0) is 14.7. The number of nitrogens with zero attached hydrogens (tertiary/aromatic N) is 2. The highest BCUT2D eigenvalue weighted by molar-refractivity contribution is 7.99. The predicted octanol–water partition coefficient (Wildman–Crippen LogP) is 3.83. The number of aromatic nitrogens is 2. The summed E-state index contributed by atoms with van der Waals surface area (Å²) in [4.78, 5) is 5.93. The molecule has 1 N–H and O–H groups in total. The van der Waals surface area contributed by atoms with E-state index in [2.05, 4.69) is 45.7 Å². The molecule has 3 nitrogen and oxygen atoms in total. The minimum absolute atomic E-state index is 0.223. The summed E-state index contributed by atoms with van der Waals surface area (Å²) in [5.41, 5.74) is 0. The van der Waals surface area contributed by atoms with Crippen LogP contribution in [-0.2, 0) is 7.05 Å². The fourth-order valence-corrected chi connectivity index (χ4v) is 4.62. The van der Waals surface area contributed by atoms with Crippen LogP contribution < -0.4 is 5.32 Å². The molecule has 1 fully saturated rings. The molecule has 0 radical (unpaired) electrons. The third-order valence-corrected chi connectivity index (χ3v) is 6.43. The molecule has 1 aliphatic carbocycles. The summed E-state index contributed by atoms with van der Waals surface area (Å²) in [6.45, 7) is 0. The van der Waals surface area contributed by atoms with Gasteiger partial charge in [-0.3, -0.25) is 0 Å². The van der Waals surface area contributed by atoms with Crippen LogP contribution in [0, 0.1) is 0 Å². The second-order valence-corrected chi connectivity index (χ2v) is 7.84. The summed E-state index contributed by atoms with van der Waals surface area (Å²) in [7, 11) is 2.08. The van der Waals surface area contributed by atoms with Crippen molar-refractivity contribution in [3.8, 4) is 0 Å². The van der Waals surface area contributed by atoms with Crippen molar-refractivity contribution in [2.24, 2.45) is 7.05 Å². The Morgan fingerprint density at radius 1 is 1.38 bits per heavy atom. The van der Waals surface area contributed by atoms with E-state index in [1.165, 1.54) is 30.6 Å². The topological polar surface area (TPSA) is 29.9 Å². The lowest BCUT2D eigenvalue weighted by Gasteiger charge is -2.31. The summed E-state index contributed by atoms with van der Waals surface area (Å²) in [6.07, 6.45) is 11.4. The summed E-state index contributed by atoms with van der Waals surface area (Å²) in [6, 6.07) is 5.17. The van der Waals surface area contributed by atoms with E-state index in [1.54, 1.807) is 0 Å². The largest absolute Gasteiger partial charge is 0.336 e. The molecule has 0 saturated heterocycles. The molecule has 2 aromatic rings. The average Bonchev–Trinajstić information content (AvgIpc) is 3.17. The van der Waals surface area contributed by atoms with Gasteiger partial charge in [0.25, 0.3) is 0 Å². The van der Waals surface area contributed by atoms with Crippen LogP contribution in [0.15, 0.2) is 29.9 Å². The fraction of sp³-hybridized carbons (Fsp3) is 0.562. The third kappa shape index (κ3) is 3.52.